The second-order valence-corrected chi connectivity index (χ2v) is 12.3. The number of benzene rings is 2. The Morgan fingerprint density at radius 1 is 0.926 bits per heavy atom. The number of carbonyl (C=O) groups excluding carboxylic acids is 7. The molecule has 16 heteroatoms. The van der Waals surface area contributed by atoms with Crippen molar-refractivity contribution < 1.29 is 47.8 Å². The van der Waals surface area contributed by atoms with Gasteiger partial charge >= 0.3 is 18.0 Å². The van der Waals surface area contributed by atoms with Crippen molar-refractivity contribution in [3.05, 3.63) is 97.3 Å². The Morgan fingerprint density at radius 3 is 2.37 bits per heavy atom. The van der Waals surface area contributed by atoms with Gasteiger partial charge in [-0.15, -0.1) is 0 Å². The third kappa shape index (κ3) is 10.5. The Morgan fingerprint density at radius 2 is 1.65 bits per heavy atom. The molecular weight excluding hydrogens is 700 g/mol. The summed E-state index contributed by atoms with van der Waals surface area (Å²) in [5, 5.41) is 10.1. The number of pyridine rings is 1. The fourth-order valence-corrected chi connectivity index (χ4v) is 5.84. The second-order valence-electron chi connectivity index (χ2n) is 12.3. The van der Waals surface area contributed by atoms with Crippen LogP contribution in [0.25, 0.3) is 0 Å². The molecule has 2 aromatic carbocycles. The molecule has 3 atom stereocenters. The molecule has 2 saturated heterocycles. The molecule has 0 unspecified atom stereocenters. The van der Waals surface area contributed by atoms with Gasteiger partial charge in [0.15, 0.2) is 12.4 Å². The van der Waals surface area contributed by atoms with Crippen molar-refractivity contribution in [2.75, 3.05) is 25.1 Å². The molecule has 0 bridgehead atoms. The number of hydrogen-bond acceptors (Lipinski definition) is 11. The summed E-state index contributed by atoms with van der Waals surface area (Å²) >= 11 is 0. The van der Waals surface area contributed by atoms with Crippen LogP contribution in [0.1, 0.15) is 48.9 Å². The number of nitrogens with zero attached hydrogens (tertiary/aromatic N) is 3. The molecule has 16 nitrogen and oxygen atoms in total. The minimum absolute atomic E-state index is 0.0208. The highest BCUT2D eigenvalue weighted by Gasteiger charge is 2.45. The van der Waals surface area contributed by atoms with Crippen LogP contribution in [-0.4, -0.2) is 94.4 Å². The third-order valence-electron chi connectivity index (χ3n) is 8.53. The average molecular weight is 741 g/mol. The number of amides is 5. The number of rotatable bonds is 15. The zero-order valence-electron chi connectivity index (χ0n) is 29.3. The minimum Gasteiger partial charge on any atom is -0.461 e. The van der Waals surface area contributed by atoms with Gasteiger partial charge in [-0.2, -0.15) is 0 Å². The fraction of sp³-hybridized carbons (Fsp3) is 0.316. The van der Waals surface area contributed by atoms with Crippen molar-refractivity contribution in [1.29, 1.82) is 0 Å². The molecule has 3 heterocycles. The Labute approximate surface area is 310 Å². The van der Waals surface area contributed by atoms with Gasteiger partial charge in [0.1, 0.15) is 30.2 Å². The van der Waals surface area contributed by atoms with E-state index in [9.17, 15) is 33.6 Å². The lowest BCUT2D eigenvalue weighted by atomic mass is 10.0. The molecule has 0 spiro atoms. The first-order chi connectivity index (χ1) is 26.1. The summed E-state index contributed by atoms with van der Waals surface area (Å²) in [5.74, 6) is -2.87. The van der Waals surface area contributed by atoms with Crippen molar-refractivity contribution in [2.45, 2.75) is 56.7 Å². The second kappa shape index (κ2) is 18.8. The summed E-state index contributed by atoms with van der Waals surface area (Å²) in [6, 6.07) is 14.1. The van der Waals surface area contributed by atoms with E-state index in [4.69, 9.17) is 14.2 Å². The maximum Gasteiger partial charge on any atom is 0.338 e. The van der Waals surface area contributed by atoms with Gasteiger partial charge in [0.2, 0.25) is 11.8 Å². The molecule has 282 valence electrons. The molecule has 0 radical (unpaired) electrons. The minimum atomic E-state index is -1.32. The van der Waals surface area contributed by atoms with Crippen molar-refractivity contribution in [1.82, 2.24) is 25.6 Å². The number of urea groups is 1. The lowest BCUT2D eigenvalue weighted by Crippen LogP contribution is -2.64. The van der Waals surface area contributed by atoms with Crippen LogP contribution >= 0.6 is 0 Å². The first-order valence-electron chi connectivity index (χ1n) is 17.3. The lowest BCUT2D eigenvalue weighted by molar-refractivity contribution is -0.176. The number of hydrazine groups is 1. The van der Waals surface area contributed by atoms with Gasteiger partial charge < -0.3 is 30.2 Å². The van der Waals surface area contributed by atoms with E-state index in [1.54, 1.807) is 36.4 Å². The quantitative estimate of drug-likeness (QED) is 0.152. The van der Waals surface area contributed by atoms with Crippen LogP contribution in [0.4, 0.5) is 10.5 Å². The molecule has 3 aromatic rings. The van der Waals surface area contributed by atoms with Crippen LogP contribution in [0.15, 0.2) is 91.8 Å². The Kier molecular flexibility index (Phi) is 13.4. The highest BCUT2D eigenvalue weighted by atomic mass is 16.5. The number of nitrogens with one attached hydrogen (secondary N) is 3. The van der Waals surface area contributed by atoms with E-state index in [1.807, 2.05) is 18.2 Å². The van der Waals surface area contributed by atoms with E-state index < -0.39 is 66.2 Å². The summed E-state index contributed by atoms with van der Waals surface area (Å²) < 4.78 is 15.9. The highest BCUT2D eigenvalue weighted by Crippen LogP contribution is 2.26. The maximum absolute atomic E-state index is 14.0. The SMILES string of the molecule is C=CCOC(=O)CC[C@H](NC(=O)[C@@H]1CCCN2C(=O)CC[C@H](NC(=O)Nc3ccc(Oc4ccccc4)cc3)C(=O)N12)C(=O)COC(=O)c1ccncc1. The van der Waals surface area contributed by atoms with Gasteiger partial charge in [-0.1, -0.05) is 30.9 Å². The summed E-state index contributed by atoms with van der Waals surface area (Å²) in [5.41, 5.74) is 0.568. The van der Waals surface area contributed by atoms with E-state index in [2.05, 4.69) is 27.5 Å². The molecule has 2 fully saturated rings. The van der Waals surface area contributed by atoms with Crippen LogP contribution < -0.4 is 20.7 Å². The van der Waals surface area contributed by atoms with Crippen LogP contribution in [0.3, 0.4) is 0 Å². The summed E-state index contributed by atoms with van der Waals surface area (Å²) in [6.07, 6.45) is 4.06. The van der Waals surface area contributed by atoms with E-state index in [0.717, 1.165) is 5.01 Å². The first-order valence-corrected chi connectivity index (χ1v) is 17.3. The van der Waals surface area contributed by atoms with Gasteiger partial charge in [-0.25, -0.2) is 14.6 Å². The summed E-state index contributed by atoms with van der Waals surface area (Å²) in [7, 11) is 0. The van der Waals surface area contributed by atoms with Gasteiger partial charge in [-0.3, -0.25) is 34.0 Å². The number of carbonyl (C=O) groups is 7. The average Bonchev–Trinajstić information content (AvgIpc) is 3.30. The summed E-state index contributed by atoms with van der Waals surface area (Å²) in [4.78, 5) is 96.0. The van der Waals surface area contributed by atoms with E-state index in [1.165, 1.54) is 35.6 Å². The van der Waals surface area contributed by atoms with Crippen molar-refractivity contribution in [3.8, 4) is 11.5 Å². The zero-order valence-corrected chi connectivity index (χ0v) is 29.3. The predicted octanol–water partition coefficient (Wildman–Crippen LogP) is 3.31. The Bertz CT molecular complexity index is 1840. The Balaban J connectivity index is 1.25. The topological polar surface area (TPSA) is 203 Å². The molecule has 2 aliphatic heterocycles. The molecular formula is C38H40N6O10. The first kappa shape index (κ1) is 38.6. The number of Topliss-reactive ketones (excluding diaryl/α,β-unsaturated/α-hetero) is 1. The van der Waals surface area contributed by atoms with Crippen LogP contribution in [-0.2, 0) is 33.4 Å². The van der Waals surface area contributed by atoms with Crippen molar-refractivity contribution in [3.63, 3.8) is 0 Å². The van der Waals surface area contributed by atoms with Crippen molar-refractivity contribution >= 4 is 47.2 Å². The molecule has 0 saturated carbocycles. The normalized spacial score (nSPS) is 17.2. The van der Waals surface area contributed by atoms with Crippen LogP contribution in [0.5, 0.6) is 11.5 Å². The zero-order chi connectivity index (χ0) is 38.5. The third-order valence-corrected chi connectivity index (χ3v) is 8.53. The number of hydrogen-bond donors (Lipinski definition) is 3. The maximum atomic E-state index is 14.0. The highest BCUT2D eigenvalue weighted by molar-refractivity contribution is 5.99. The Hall–Kier alpha value is -6.58. The molecule has 2 aliphatic rings. The number of para-hydroxylation sites is 1. The monoisotopic (exact) mass is 740 g/mol. The number of ether oxygens (including phenoxy) is 3. The van der Waals surface area contributed by atoms with E-state index in [0.29, 0.717) is 23.6 Å². The standard InChI is InChI=1S/C38H40N6O10/c1-2-23-52-34(47)17-15-29(32(45)24-53-37(50)25-18-20-39-21-19-25)41-35(48)31-9-6-22-43-33(46)16-14-30(36(49)44(31)43)42-38(51)40-26-10-12-28(13-11-26)54-27-7-4-3-5-8-27/h2-5,7-8,10-13,18-21,29-31H,1,6,9,14-17,22-24H2,(H,41,48)(H2,40,42,51)/t29-,30-,31-/m0/s1. The smallest absolute Gasteiger partial charge is 0.338 e. The molecule has 1 aromatic heterocycles. The van der Waals surface area contributed by atoms with Gasteiger partial charge in [0.05, 0.1) is 11.6 Å². The van der Waals surface area contributed by atoms with Gasteiger partial charge in [0.25, 0.3) is 5.91 Å². The molecule has 5 amide bonds. The number of fused-ring (bicyclic) bond motifs is 1. The van der Waals surface area contributed by atoms with Gasteiger partial charge in [0, 0.05) is 37.5 Å². The van der Waals surface area contributed by atoms with E-state index in [-0.39, 0.29) is 50.8 Å². The number of anilines is 1. The van der Waals surface area contributed by atoms with E-state index >= 15 is 0 Å². The lowest BCUT2D eigenvalue weighted by Gasteiger charge is -2.43. The number of esters is 2. The predicted molar refractivity (Wildman–Crippen MR) is 192 cm³/mol. The number of aromatic nitrogens is 1. The molecule has 0 aliphatic carbocycles. The molecule has 3 N–H and O–H groups in total. The molecule has 5 rings (SSSR count). The van der Waals surface area contributed by atoms with Crippen LogP contribution in [0, 0.1) is 0 Å². The van der Waals surface area contributed by atoms with Crippen molar-refractivity contribution in [2.24, 2.45) is 0 Å². The largest absolute Gasteiger partial charge is 0.461 e. The molecule has 54 heavy (non-hydrogen) atoms. The summed E-state index contributed by atoms with van der Waals surface area (Å²) in [6.45, 7) is 2.86. The fourth-order valence-electron chi connectivity index (χ4n) is 5.84. The van der Waals surface area contributed by atoms with Crippen LogP contribution in [0.2, 0.25) is 0 Å². The van der Waals surface area contributed by atoms with Gasteiger partial charge in [-0.05, 0) is 74.2 Å². The number of ketones is 1.